The van der Waals surface area contributed by atoms with Gasteiger partial charge < -0.3 is 10.2 Å². The molecule has 0 spiro atoms. The molecule has 0 saturated carbocycles. The van der Waals surface area contributed by atoms with Gasteiger partial charge in [0.15, 0.2) is 5.13 Å². The monoisotopic (exact) mass is 403 g/mol. The second-order valence-electron chi connectivity index (χ2n) is 6.90. The average Bonchev–Trinajstić information content (AvgIpc) is 3.27. The van der Waals surface area contributed by atoms with Crippen molar-refractivity contribution in [3.8, 4) is 0 Å². The maximum atomic E-state index is 13.3. The number of amides is 1. The largest absolute Gasteiger partial charge is 0.361 e. The number of halogens is 2. The van der Waals surface area contributed by atoms with E-state index in [1.54, 1.807) is 12.1 Å². The second kappa shape index (κ2) is 7.44. The van der Waals surface area contributed by atoms with Gasteiger partial charge in [0.2, 0.25) is 0 Å². The first kappa shape index (κ1) is 18.2. The van der Waals surface area contributed by atoms with E-state index in [1.807, 2.05) is 24.0 Å². The van der Waals surface area contributed by atoms with Crippen LogP contribution < -0.4 is 5.32 Å². The minimum Gasteiger partial charge on any atom is -0.361 e. The lowest BCUT2D eigenvalue weighted by molar-refractivity contribution is 0.0788. The zero-order valence-corrected chi connectivity index (χ0v) is 16.4. The Balaban J connectivity index is 1.37. The summed E-state index contributed by atoms with van der Waals surface area (Å²) < 4.78 is 14.1. The summed E-state index contributed by atoms with van der Waals surface area (Å²) in [7, 11) is 0. The van der Waals surface area contributed by atoms with E-state index in [1.165, 1.54) is 23.5 Å². The van der Waals surface area contributed by atoms with Crippen LogP contribution in [0.3, 0.4) is 0 Å². The van der Waals surface area contributed by atoms with Gasteiger partial charge in [0.05, 0.1) is 20.8 Å². The Labute approximate surface area is 166 Å². The van der Waals surface area contributed by atoms with Gasteiger partial charge in [-0.3, -0.25) is 4.79 Å². The lowest BCUT2D eigenvalue weighted by Gasteiger charge is -2.18. The van der Waals surface area contributed by atoms with Crippen LogP contribution in [0.2, 0.25) is 5.02 Å². The molecular formula is C20H19ClFN3OS. The number of hydrogen-bond acceptors (Lipinski definition) is 4. The highest BCUT2D eigenvalue weighted by molar-refractivity contribution is 7.22. The molecule has 0 radical (unpaired) electrons. The van der Waals surface area contributed by atoms with Gasteiger partial charge >= 0.3 is 0 Å². The van der Waals surface area contributed by atoms with Gasteiger partial charge in [-0.25, -0.2) is 9.37 Å². The van der Waals surface area contributed by atoms with E-state index in [9.17, 15) is 9.18 Å². The highest BCUT2D eigenvalue weighted by atomic mass is 35.5. The van der Waals surface area contributed by atoms with Crippen molar-refractivity contribution in [2.45, 2.75) is 13.3 Å². The van der Waals surface area contributed by atoms with Gasteiger partial charge in [-0.2, -0.15) is 0 Å². The van der Waals surface area contributed by atoms with E-state index in [-0.39, 0.29) is 11.7 Å². The number of anilines is 1. The van der Waals surface area contributed by atoms with Gasteiger partial charge in [-0.1, -0.05) is 34.6 Å². The molecule has 1 aliphatic rings. The average molecular weight is 404 g/mol. The molecule has 1 N–H and O–H groups in total. The molecule has 1 aromatic heterocycles. The van der Waals surface area contributed by atoms with Crippen LogP contribution in [0.1, 0.15) is 22.3 Å². The van der Waals surface area contributed by atoms with Crippen LogP contribution in [0.5, 0.6) is 0 Å². The predicted octanol–water partition coefficient (Wildman–Crippen LogP) is 4.97. The van der Waals surface area contributed by atoms with Crippen molar-refractivity contribution >= 4 is 44.2 Å². The Morgan fingerprint density at radius 1 is 1.37 bits per heavy atom. The van der Waals surface area contributed by atoms with E-state index < -0.39 is 0 Å². The Morgan fingerprint density at radius 3 is 3.07 bits per heavy atom. The first-order chi connectivity index (χ1) is 13.0. The molecule has 0 bridgehead atoms. The van der Waals surface area contributed by atoms with Crippen LogP contribution in [-0.4, -0.2) is 35.4 Å². The maximum Gasteiger partial charge on any atom is 0.255 e. The number of hydrogen-bond donors (Lipinski definition) is 1. The Morgan fingerprint density at radius 2 is 2.22 bits per heavy atom. The Kier molecular flexibility index (Phi) is 5.02. The number of aryl methyl sites for hydroxylation is 1. The van der Waals surface area contributed by atoms with Crippen molar-refractivity contribution in [3.63, 3.8) is 0 Å². The van der Waals surface area contributed by atoms with Gasteiger partial charge in [0.1, 0.15) is 5.82 Å². The van der Waals surface area contributed by atoms with Gasteiger partial charge in [0, 0.05) is 19.6 Å². The number of fused-ring (bicyclic) bond motifs is 1. The molecule has 7 heteroatoms. The van der Waals surface area contributed by atoms with Crippen molar-refractivity contribution in [1.82, 2.24) is 9.88 Å². The molecule has 4 nitrogen and oxygen atoms in total. The molecule has 4 rings (SSSR count). The zero-order chi connectivity index (χ0) is 19.0. The fourth-order valence-corrected chi connectivity index (χ4v) is 4.46. The lowest BCUT2D eigenvalue weighted by atomic mass is 10.1. The normalized spacial score (nSPS) is 16.9. The van der Waals surface area contributed by atoms with Crippen molar-refractivity contribution in [2.75, 3.05) is 25.0 Å². The number of likely N-dealkylation sites (tertiary alicyclic amines) is 1. The van der Waals surface area contributed by atoms with E-state index in [0.29, 0.717) is 23.0 Å². The number of rotatable bonds is 4. The maximum absolute atomic E-state index is 13.3. The number of nitrogens with one attached hydrogen (secondary N) is 1. The number of thiazole rings is 1. The van der Waals surface area contributed by atoms with E-state index >= 15 is 0 Å². The van der Waals surface area contributed by atoms with Crippen LogP contribution in [0.15, 0.2) is 36.4 Å². The summed E-state index contributed by atoms with van der Waals surface area (Å²) in [5, 5.41) is 4.61. The SMILES string of the molecule is Cc1ccc(Cl)c(C(=O)N2CCC(CNc3nc4ccc(F)cc4s3)C2)c1. The van der Waals surface area contributed by atoms with E-state index in [2.05, 4.69) is 10.3 Å². The van der Waals surface area contributed by atoms with Crippen molar-refractivity contribution in [3.05, 3.63) is 58.4 Å². The molecule has 2 heterocycles. The summed E-state index contributed by atoms with van der Waals surface area (Å²) in [5.41, 5.74) is 2.38. The fraction of sp³-hybridized carbons (Fsp3) is 0.300. The third-order valence-corrected chi connectivity index (χ3v) is 6.12. The summed E-state index contributed by atoms with van der Waals surface area (Å²) >= 11 is 7.65. The smallest absolute Gasteiger partial charge is 0.255 e. The first-order valence-corrected chi connectivity index (χ1v) is 10.0. The second-order valence-corrected chi connectivity index (χ2v) is 8.34. The number of carbonyl (C=O) groups is 1. The highest BCUT2D eigenvalue weighted by Crippen LogP contribution is 2.28. The third kappa shape index (κ3) is 3.92. The molecule has 27 heavy (non-hydrogen) atoms. The molecular weight excluding hydrogens is 385 g/mol. The summed E-state index contributed by atoms with van der Waals surface area (Å²) in [5.74, 6) is 0.0837. The predicted molar refractivity (Wildman–Crippen MR) is 108 cm³/mol. The molecule has 1 fully saturated rings. The number of nitrogens with zero attached hydrogens (tertiary/aromatic N) is 2. The first-order valence-electron chi connectivity index (χ1n) is 8.85. The van der Waals surface area contributed by atoms with Crippen LogP contribution >= 0.6 is 22.9 Å². The minimum atomic E-state index is -0.252. The fourth-order valence-electron chi connectivity index (χ4n) is 3.36. The molecule has 1 atom stereocenters. The van der Waals surface area contributed by atoms with Crippen LogP contribution in [-0.2, 0) is 0 Å². The molecule has 1 saturated heterocycles. The Bertz CT molecular complexity index is 1010. The number of carbonyl (C=O) groups excluding carboxylic acids is 1. The number of aromatic nitrogens is 1. The summed E-state index contributed by atoms with van der Waals surface area (Å²) in [6, 6.07) is 10.1. The van der Waals surface area contributed by atoms with E-state index in [4.69, 9.17) is 11.6 Å². The molecule has 0 aliphatic carbocycles. The molecule has 2 aromatic carbocycles. The quantitative estimate of drug-likeness (QED) is 0.668. The van der Waals surface area contributed by atoms with Crippen molar-refractivity contribution < 1.29 is 9.18 Å². The van der Waals surface area contributed by atoms with Gasteiger partial charge in [-0.15, -0.1) is 0 Å². The minimum absolute atomic E-state index is 0.0123. The van der Waals surface area contributed by atoms with Gasteiger partial charge in [0.25, 0.3) is 5.91 Å². The number of benzene rings is 2. The molecule has 140 valence electrons. The summed E-state index contributed by atoms with van der Waals surface area (Å²) in [4.78, 5) is 19.1. The van der Waals surface area contributed by atoms with Crippen LogP contribution in [0, 0.1) is 18.7 Å². The van der Waals surface area contributed by atoms with Gasteiger partial charge in [-0.05, 0) is 49.6 Å². The molecule has 3 aromatic rings. The summed E-state index contributed by atoms with van der Waals surface area (Å²) in [6.45, 7) is 4.09. The molecule has 1 unspecified atom stereocenters. The lowest BCUT2D eigenvalue weighted by Crippen LogP contribution is -2.30. The van der Waals surface area contributed by atoms with Crippen molar-refractivity contribution in [1.29, 1.82) is 0 Å². The summed E-state index contributed by atoms with van der Waals surface area (Å²) in [6.07, 6.45) is 0.932. The standard InChI is InChI=1S/C20H19ClFN3OS/c1-12-2-4-16(21)15(8-12)19(26)25-7-6-13(11-25)10-23-20-24-17-5-3-14(22)9-18(17)27-20/h2-5,8-9,13H,6-7,10-11H2,1H3,(H,23,24). The molecule has 1 amide bonds. The third-order valence-electron chi connectivity index (χ3n) is 4.82. The zero-order valence-electron chi connectivity index (χ0n) is 14.8. The van der Waals surface area contributed by atoms with Crippen LogP contribution in [0.4, 0.5) is 9.52 Å². The van der Waals surface area contributed by atoms with E-state index in [0.717, 1.165) is 40.4 Å². The highest BCUT2D eigenvalue weighted by Gasteiger charge is 2.28. The van der Waals surface area contributed by atoms with Crippen LogP contribution in [0.25, 0.3) is 10.2 Å². The Hall–Kier alpha value is -2.18. The molecule has 1 aliphatic heterocycles. The topological polar surface area (TPSA) is 45.2 Å². The van der Waals surface area contributed by atoms with Crippen molar-refractivity contribution in [2.24, 2.45) is 5.92 Å².